The van der Waals surface area contributed by atoms with Gasteiger partial charge in [0.15, 0.2) is 0 Å². The van der Waals surface area contributed by atoms with Crippen LogP contribution < -0.4 is 4.74 Å². The molecule has 0 aliphatic rings. The Balaban J connectivity index is 2.11. The highest BCUT2D eigenvalue weighted by Gasteiger charge is 2.17. The molecule has 21 heavy (non-hydrogen) atoms. The first kappa shape index (κ1) is 14.0. The predicted octanol–water partition coefficient (Wildman–Crippen LogP) is 2.11. The third-order valence-electron chi connectivity index (χ3n) is 3.10. The molecule has 0 amide bonds. The predicted molar refractivity (Wildman–Crippen MR) is 79.5 cm³/mol. The number of aromatic nitrogens is 3. The molecular formula is C14H15N3O3S. The van der Waals surface area contributed by atoms with Crippen LogP contribution in [0.2, 0.25) is 0 Å². The van der Waals surface area contributed by atoms with Crippen molar-refractivity contribution in [1.29, 1.82) is 0 Å². The summed E-state index contributed by atoms with van der Waals surface area (Å²) < 4.78 is 12.0. The van der Waals surface area contributed by atoms with E-state index >= 15 is 0 Å². The summed E-state index contributed by atoms with van der Waals surface area (Å²) >= 11 is 1.45. The average Bonchev–Trinajstić information content (AvgIpc) is 3.04. The summed E-state index contributed by atoms with van der Waals surface area (Å²) in [5.41, 5.74) is 2.28. The molecule has 0 aliphatic heterocycles. The summed E-state index contributed by atoms with van der Waals surface area (Å²) in [5.74, 6) is 0.751. The topological polar surface area (TPSA) is 68.9 Å². The van der Waals surface area contributed by atoms with E-state index in [1.807, 2.05) is 24.3 Å². The van der Waals surface area contributed by atoms with Crippen LogP contribution in [0.15, 0.2) is 24.3 Å². The maximum atomic E-state index is 9.67. The van der Waals surface area contributed by atoms with E-state index in [0.29, 0.717) is 12.3 Å². The third-order valence-corrected chi connectivity index (χ3v) is 3.98. The standard InChI is InChI=1S/C14H15N3O3S/c1-19-8-12-16-17-11(7-18)13(15-14(17)21-12)9-4-3-5-10(6-9)20-2/h3-6,18H,7-8H2,1-2H3. The number of hydrogen-bond donors (Lipinski definition) is 1. The van der Waals surface area contributed by atoms with Crippen LogP contribution in [0, 0.1) is 0 Å². The van der Waals surface area contributed by atoms with Crippen molar-refractivity contribution in [3.05, 3.63) is 35.0 Å². The minimum atomic E-state index is -0.135. The molecule has 0 fully saturated rings. The Kier molecular flexibility index (Phi) is 3.87. The molecule has 0 saturated heterocycles. The molecule has 0 aliphatic carbocycles. The minimum absolute atomic E-state index is 0.135. The number of nitrogens with zero attached hydrogens (tertiary/aromatic N) is 3. The number of hydrogen-bond acceptors (Lipinski definition) is 6. The fourth-order valence-corrected chi connectivity index (χ4v) is 3.04. The number of aliphatic hydroxyl groups excluding tert-OH is 1. The molecule has 3 aromatic rings. The second kappa shape index (κ2) is 5.80. The number of aliphatic hydroxyl groups is 1. The van der Waals surface area contributed by atoms with Crippen LogP contribution in [0.4, 0.5) is 0 Å². The number of benzene rings is 1. The number of fused-ring (bicyclic) bond motifs is 1. The van der Waals surface area contributed by atoms with Gasteiger partial charge in [0.05, 0.1) is 31.7 Å². The summed E-state index contributed by atoms with van der Waals surface area (Å²) in [6, 6.07) is 7.59. The van der Waals surface area contributed by atoms with Crippen molar-refractivity contribution in [1.82, 2.24) is 14.6 Å². The highest BCUT2D eigenvalue weighted by Crippen LogP contribution is 2.29. The lowest BCUT2D eigenvalue weighted by Crippen LogP contribution is -1.97. The first-order chi connectivity index (χ1) is 10.3. The van der Waals surface area contributed by atoms with Crippen molar-refractivity contribution in [3.8, 4) is 17.0 Å². The molecule has 0 radical (unpaired) electrons. The number of methoxy groups -OCH3 is 2. The zero-order valence-corrected chi connectivity index (χ0v) is 12.6. The summed E-state index contributed by atoms with van der Waals surface area (Å²) in [4.78, 5) is 5.32. The van der Waals surface area contributed by atoms with Crippen molar-refractivity contribution >= 4 is 16.3 Å². The lowest BCUT2D eigenvalue weighted by atomic mass is 10.1. The van der Waals surface area contributed by atoms with Crippen LogP contribution in [-0.4, -0.2) is 33.9 Å². The number of imidazole rings is 1. The lowest BCUT2D eigenvalue weighted by molar-refractivity contribution is 0.183. The van der Waals surface area contributed by atoms with Crippen molar-refractivity contribution in [2.24, 2.45) is 0 Å². The van der Waals surface area contributed by atoms with Crippen LogP contribution in [-0.2, 0) is 18.0 Å². The lowest BCUT2D eigenvalue weighted by Gasteiger charge is -2.04. The highest BCUT2D eigenvalue weighted by molar-refractivity contribution is 7.16. The van der Waals surface area contributed by atoms with Gasteiger partial charge in [-0.3, -0.25) is 0 Å². The molecule has 2 aromatic heterocycles. The Labute approximate surface area is 125 Å². The zero-order valence-electron chi connectivity index (χ0n) is 11.7. The normalized spacial score (nSPS) is 11.2. The van der Waals surface area contributed by atoms with E-state index in [1.54, 1.807) is 18.7 Å². The zero-order chi connectivity index (χ0) is 14.8. The van der Waals surface area contributed by atoms with Gasteiger partial charge in [-0.2, -0.15) is 5.10 Å². The minimum Gasteiger partial charge on any atom is -0.497 e. The fraction of sp³-hybridized carbons (Fsp3) is 0.286. The number of rotatable bonds is 5. The molecule has 0 spiro atoms. The van der Waals surface area contributed by atoms with Gasteiger partial charge in [0, 0.05) is 12.7 Å². The van der Waals surface area contributed by atoms with Crippen LogP contribution in [0.3, 0.4) is 0 Å². The van der Waals surface area contributed by atoms with Gasteiger partial charge in [0.1, 0.15) is 10.8 Å². The molecule has 0 bridgehead atoms. The van der Waals surface area contributed by atoms with Gasteiger partial charge in [-0.1, -0.05) is 23.5 Å². The summed E-state index contributed by atoms with van der Waals surface area (Å²) in [7, 11) is 3.25. The third kappa shape index (κ3) is 2.51. The van der Waals surface area contributed by atoms with Crippen molar-refractivity contribution in [3.63, 3.8) is 0 Å². The van der Waals surface area contributed by atoms with Crippen LogP contribution in [0.25, 0.3) is 16.2 Å². The Morgan fingerprint density at radius 2 is 2.19 bits per heavy atom. The second-order valence-corrected chi connectivity index (χ2v) is 5.46. The smallest absolute Gasteiger partial charge is 0.213 e. The molecule has 0 saturated carbocycles. The van der Waals surface area contributed by atoms with Crippen LogP contribution >= 0.6 is 11.3 Å². The molecule has 2 heterocycles. The van der Waals surface area contributed by atoms with Crippen LogP contribution in [0.1, 0.15) is 10.7 Å². The SMILES string of the molecule is COCc1nn2c(CO)c(-c3cccc(OC)c3)nc2s1. The van der Waals surface area contributed by atoms with E-state index < -0.39 is 0 Å². The molecular weight excluding hydrogens is 290 g/mol. The first-order valence-corrected chi connectivity index (χ1v) is 7.20. The average molecular weight is 305 g/mol. The molecule has 0 unspecified atom stereocenters. The van der Waals surface area contributed by atoms with Gasteiger partial charge >= 0.3 is 0 Å². The molecule has 1 N–H and O–H groups in total. The summed E-state index contributed by atoms with van der Waals surface area (Å²) in [6.45, 7) is 0.303. The van der Waals surface area contributed by atoms with E-state index in [0.717, 1.165) is 27.0 Å². The number of ether oxygens (including phenoxy) is 2. The molecule has 1 aromatic carbocycles. The Bertz CT molecular complexity index is 766. The second-order valence-electron chi connectivity index (χ2n) is 4.42. The molecule has 3 rings (SSSR count). The Morgan fingerprint density at radius 3 is 2.90 bits per heavy atom. The van der Waals surface area contributed by atoms with E-state index in [1.165, 1.54) is 11.3 Å². The van der Waals surface area contributed by atoms with Gasteiger partial charge in [0.2, 0.25) is 4.96 Å². The van der Waals surface area contributed by atoms with E-state index in [4.69, 9.17) is 9.47 Å². The quantitative estimate of drug-likeness (QED) is 0.782. The van der Waals surface area contributed by atoms with Crippen LogP contribution in [0.5, 0.6) is 5.75 Å². The van der Waals surface area contributed by atoms with E-state index in [-0.39, 0.29) is 6.61 Å². The fourth-order valence-electron chi connectivity index (χ4n) is 2.16. The Morgan fingerprint density at radius 1 is 1.33 bits per heavy atom. The van der Waals surface area contributed by atoms with E-state index in [2.05, 4.69) is 10.1 Å². The molecule has 110 valence electrons. The highest BCUT2D eigenvalue weighted by atomic mass is 32.1. The molecule has 7 heteroatoms. The summed E-state index contributed by atoms with van der Waals surface area (Å²) in [5, 5.41) is 14.9. The Hall–Kier alpha value is -1.96. The summed E-state index contributed by atoms with van der Waals surface area (Å²) in [6.07, 6.45) is 0. The van der Waals surface area contributed by atoms with Gasteiger partial charge < -0.3 is 14.6 Å². The largest absolute Gasteiger partial charge is 0.497 e. The first-order valence-electron chi connectivity index (χ1n) is 6.38. The molecule has 6 nitrogen and oxygen atoms in total. The van der Waals surface area contributed by atoms with Crippen molar-refractivity contribution in [2.45, 2.75) is 13.2 Å². The van der Waals surface area contributed by atoms with Crippen molar-refractivity contribution in [2.75, 3.05) is 14.2 Å². The maximum Gasteiger partial charge on any atom is 0.213 e. The molecule has 0 atom stereocenters. The van der Waals surface area contributed by atoms with Crippen molar-refractivity contribution < 1.29 is 14.6 Å². The van der Waals surface area contributed by atoms with Gasteiger partial charge in [0.25, 0.3) is 0 Å². The van der Waals surface area contributed by atoms with Gasteiger partial charge in [-0.05, 0) is 12.1 Å². The van der Waals surface area contributed by atoms with Gasteiger partial charge in [-0.25, -0.2) is 9.50 Å². The van der Waals surface area contributed by atoms with Gasteiger partial charge in [-0.15, -0.1) is 0 Å². The maximum absolute atomic E-state index is 9.67. The van der Waals surface area contributed by atoms with E-state index in [9.17, 15) is 5.11 Å². The monoisotopic (exact) mass is 305 g/mol.